The van der Waals surface area contributed by atoms with Crippen molar-refractivity contribution in [2.45, 2.75) is 44.8 Å². The topological polar surface area (TPSA) is 68.6 Å². The Labute approximate surface area is 144 Å². The van der Waals surface area contributed by atoms with Gasteiger partial charge in [0.2, 0.25) is 5.91 Å². The van der Waals surface area contributed by atoms with E-state index in [-0.39, 0.29) is 18.5 Å². The fraction of sp³-hybridized carbons (Fsp3) is 0.368. The lowest BCUT2D eigenvalue weighted by Crippen LogP contribution is -2.41. The van der Waals surface area contributed by atoms with Gasteiger partial charge in [0.15, 0.2) is 5.58 Å². The van der Waals surface area contributed by atoms with E-state index in [1.165, 1.54) is 4.57 Å². The van der Waals surface area contributed by atoms with Crippen LogP contribution in [0.25, 0.3) is 11.1 Å². The second-order valence-electron chi connectivity index (χ2n) is 6.46. The smallest absolute Gasteiger partial charge is 0.420 e. The maximum atomic E-state index is 13.0. The summed E-state index contributed by atoms with van der Waals surface area (Å²) < 4.78 is 12.1. The fourth-order valence-electron chi connectivity index (χ4n) is 3.60. The van der Waals surface area contributed by atoms with E-state index in [4.69, 9.17) is 8.83 Å². The summed E-state index contributed by atoms with van der Waals surface area (Å²) in [4.78, 5) is 27.0. The predicted octanol–water partition coefficient (Wildman–Crippen LogP) is 3.16. The van der Waals surface area contributed by atoms with Gasteiger partial charge in [-0.1, -0.05) is 25.0 Å². The number of rotatable bonds is 5. The molecule has 2 aromatic heterocycles. The molecule has 130 valence electrons. The number of carbonyl (C=O) groups is 1. The normalized spacial score (nSPS) is 15.0. The first-order chi connectivity index (χ1) is 12.2. The summed E-state index contributed by atoms with van der Waals surface area (Å²) >= 11 is 0. The minimum Gasteiger partial charge on any atom is -0.467 e. The van der Waals surface area contributed by atoms with Gasteiger partial charge in [0.05, 0.1) is 18.3 Å². The monoisotopic (exact) mass is 340 g/mol. The van der Waals surface area contributed by atoms with E-state index < -0.39 is 5.76 Å². The van der Waals surface area contributed by atoms with Gasteiger partial charge >= 0.3 is 5.76 Å². The first kappa shape index (κ1) is 15.7. The van der Waals surface area contributed by atoms with E-state index in [1.807, 2.05) is 23.1 Å². The molecule has 1 aliphatic rings. The quantitative estimate of drug-likeness (QED) is 0.715. The minimum absolute atomic E-state index is 0.0208. The van der Waals surface area contributed by atoms with E-state index in [2.05, 4.69) is 0 Å². The van der Waals surface area contributed by atoms with Crippen LogP contribution in [0, 0.1) is 0 Å². The van der Waals surface area contributed by atoms with Gasteiger partial charge in [0, 0.05) is 6.04 Å². The lowest BCUT2D eigenvalue weighted by Gasteiger charge is -2.28. The zero-order valence-electron chi connectivity index (χ0n) is 13.9. The second kappa shape index (κ2) is 6.63. The molecule has 4 rings (SSSR count). The molecule has 0 atom stereocenters. The van der Waals surface area contributed by atoms with Gasteiger partial charge in [0.25, 0.3) is 0 Å². The van der Waals surface area contributed by atoms with Crippen molar-refractivity contribution in [3.05, 3.63) is 59.0 Å². The highest BCUT2D eigenvalue weighted by Gasteiger charge is 2.28. The van der Waals surface area contributed by atoms with Crippen LogP contribution in [-0.4, -0.2) is 21.4 Å². The molecule has 0 radical (unpaired) electrons. The number of hydrogen-bond donors (Lipinski definition) is 0. The summed E-state index contributed by atoms with van der Waals surface area (Å²) in [6.45, 7) is 0.411. The average molecular weight is 340 g/mol. The molecule has 2 heterocycles. The number of amides is 1. The molecule has 1 amide bonds. The highest BCUT2D eigenvalue weighted by Crippen LogP contribution is 2.25. The van der Waals surface area contributed by atoms with E-state index >= 15 is 0 Å². The van der Waals surface area contributed by atoms with Crippen LogP contribution < -0.4 is 5.76 Å². The SMILES string of the molecule is O=C(Cn1c(=O)oc2ccccc21)N(Cc1ccco1)C1CCCC1. The Balaban J connectivity index is 1.61. The van der Waals surface area contributed by atoms with Crippen molar-refractivity contribution in [2.24, 2.45) is 0 Å². The van der Waals surface area contributed by atoms with Crippen LogP contribution in [-0.2, 0) is 17.9 Å². The molecular formula is C19H20N2O4. The van der Waals surface area contributed by atoms with Gasteiger partial charge in [0.1, 0.15) is 12.3 Å². The van der Waals surface area contributed by atoms with Crippen molar-refractivity contribution < 1.29 is 13.6 Å². The summed E-state index contributed by atoms with van der Waals surface area (Å²) in [6, 6.07) is 11.0. The Kier molecular flexibility index (Phi) is 4.17. The molecule has 0 unspecified atom stereocenters. The number of nitrogens with zero attached hydrogens (tertiary/aromatic N) is 2. The van der Waals surface area contributed by atoms with Gasteiger partial charge in [-0.05, 0) is 37.1 Å². The fourth-order valence-corrected chi connectivity index (χ4v) is 3.60. The van der Waals surface area contributed by atoms with Crippen molar-refractivity contribution in [1.82, 2.24) is 9.47 Å². The summed E-state index contributed by atoms with van der Waals surface area (Å²) in [5.41, 5.74) is 1.14. The minimum atomic E-state index is -0.501. The van der Waals surface area contributed by atoms with Crippen LogP contribution in [0.2, 0.25) is 0 Å². The molecule has 6 nitrogen and oxygen atoms in total. The summed E-state index contributed by atoms with van der Waals surface area (Å²) in [5, 5.41) is 0. The number of aromatic nitrogens is 1. The second-order valence-corrected chi connectivity index (χ2v) is 6.46. The molecule has 3 aromatic rings. The highest BCUT2D eigenvalue weighted by molar-refractivity contribution is 5.79. The van der Waals surface area contributed by atoms with Gasteiger partial charge in [-0.3, -0.25) is 9.36 Å². The third kappa shape index (κ3) is 3.12. The van der Waals surface area contributed by atoms with Gasteiger partial charge in [-0.15, -0.1) is 0 Å². The number of carbonyl (C=O) groups excluding carboxylic acids is 1. The van der Waals surface area contributed by atoms with E-state index in [0.29, 0.717) is 17.6 Å². The molecule has 0 bridgehead atoms. The number of hydrogen-bond acceptors (Lipinski definition) is 4. The summed E-state index contributed by atoms with van der Waals surface area (Å²) in [5.74, 6) is 0.167. The standard InChI is InChI=1S/C19H20N2O4/c22-18(13-21-16-9-3-4-10-17(16)25-19(21)23)20(14-6-1-2-7-14)12-15-8-5-11-24-15/h3-5,8-11,14H,1-2,6-7,12-13H2. The molecule has 0 spiro atoms. The maximum absolute atomic E-state index is 13.0. The van der Waals surface area contributed by atoms with Crippen molar-refractivity contribution >= 4 is 17.0 Å². The first-order valence-electron chi connectivity index (χ1n) is 8.62. The number of para-hydroxylation sites is 2. The van der Waals surface area contributed by atoms with Crippen molar-refractivity contribution in [3.63, 3.8) is 0 Å². The molecule has 0 N–H and O–H groups in total. The van der Waals surface area contributed by atoms with Crippen molar-refractivity contribution in [1.29, 1.82) is 0 Å². The number of benzene rings is 1. The van der Waals surface area contributed by atoms with Crippen LogP contribution in [0.5, 0.6) is 0 Å². The molecule has 0 aliphatic heterocycles. The molecular weight excluding hydrogens is 320 g/mol. The lowest BCUT2D eigenvalue weighted by molar-refractivity contribution is -0.135. The molecule has 1 saturated carbocycles. The number of fused-ring (bicyclic) bond motifs is 1. The largest absolute Gasteiger partial charge is 0.467 e. The Morgan fingerprint density at radius 3 is 2.72 bits per heavy atom. The van der Waals surface area contributed by atoms with Gasteiger partial charge in [-0.2, -0.15) is 0 Å². The molecule has 0 saturated heterocycles. The van der Waals surface area contributed by atoms with Crippen LogP contribution >= 0.6 is 0 Å². The Bertz CT molecular complexity index is 916. The predicted molar refractivity (Wildman–Crippen MR) is 92.0 cm³/mol. The Morgan fingerprint density at radius 2 is 1.96 bits per heavy atom. The number of oxazole rings is 1. The molecule has 6 heteroatoms. The molecule has 1 fully saturated rings. The zero-order valence-corrected chi connectivity index (χ0v) is 13.9. The lowest BCUT2D eigenvalue weighted by atomic mass is 10.2. The first-order valence-corrected chi connectivity index (χ1v) is 8.62. The van der Waals surface area contributed by atoms with Crippen LogP contribution in [0.4, 0.5) is 0 Å². The highest BCUT2D eigenvalue weighted by atomic mass is 16.4. The summed E-state index contributed by atoms with van der Waals surface area (Å²) in [7, 11) is 0. The van der Waals surface area contributed by atoms with Crippen LogP contribution in [0.1, 0.15) is 31.4 Å². The van der Waals surface area contributed by atoms with Gasteiger partial charge in [-0.25, -0.2) is 4.79 Å². The Hall–Kier alpha value is -2.76. The third-order valence-corrected chi connectivity index (χ3v) is 4.86. The van der Waals surface area contributed by atoms with Crippen LogP contribution in [0.3, 0.4) is 0 Å². The molecule has 1 aromatic carbocycles. The average Bonchev–Trinajstić information content (AvgIpc) is 3.35. The maximum Gasteiger partial charge on any atom is 0.420 e. The Morgan fingerprint density at radius 1 is 1.16 bits per heavy atom. The van der Waals surface area contributed by atoms with Gasteiger partial charge < -0.3 is 13.7 Å². The number of furan rings is 1. The van der Waals surface area contributed by atoms with E-state index in [0.717, 1.165) is 31.4 Å². The van der Waals surface area contributed by atoms with E-state index in [9.17, 15) is 9.59 Å². The summed E-state index contributed by atoms with van der Waals surface area (Å²) in [6.07, 6.45) is 5.85. The van der Waals surface area contributed by atoms with Crippen molar-refractivity contribution in [2.75, 3.05) is 0 Å². The third-order valence-electron chi connectivity index (χ3n) is 4.86. The van der Waals surface area contributed by atoms with Crippen LogP contribution in [0.15, 0.2) is 56.3 Å². The molecule has 25 heavy (non-hydrogen) atoms. The molecule has 1 aliphatic carbocycles. The van der Waals surface area contributed by atoms with E-state index in [1.54, 1.807) is 24.5 Å². The van der Waals surface area contributed by atoms with Crippen molar-refractivity contribution in [3.8, 4) is 0 Å². The zero-order chi connectivity index (χ0) is 17.2.